The fourth-order valence-corrected chi connectivity index (χ4v) is 3.20. The average molecular weight is 403 g/mol. The van der Waals surface area contributed by atoms with Gasteiger partial charge < -0.3 is 9.84 Å². The maximum Gasteiger partial charge on any atom is 0.306 e. The van der Waals surface area contributed by atoms with Crippen LogP contribution in [0, 0.1) is 0 Å². The van der Waals surface area contributed by atoms with E-state index in [1.54, 1.807) is 36.4 Å². The molecule has 8 heteroatoms. The maximum absolute atomic E-state index is 12.4. The van der Waals surface area contributed by atoms with E-state index in [0.717, 1.165) is 4.31 Å². The molecule has 1 N–H and O–H groups in total. The van der Waals surface area contributed by atoms with Crippen molar-refractivity contribution in [2.45, 2.75) is 11.3 Å². The maximum atomic E-state index is 12.4. The number of aliphatic carboxylic acids is 1. The van der Waals surface area contributed by atoms with Gasteiger partial charge in [-0.3, -0.25) is 9.59 Å². The van der Waals surface area contributed by atoms with Gasteiger partial charge in [0.2, 0.25) is 10.0 Å². The number of carbonyl (C=O) groups excluding carboxylic acids is 1. The Morgan fingerprint density at radius 2 is 1.82 bits per heavy atom. The number of ether oxygens (including phenoxy) is 1. The van der Waals surface area contributed by atoms with Crippen LogP contribution in [-0.2, 0) is 14.8 Å². The second-order valence-electron chi connectivity index (χ2n) is 6.08. The van der Waals surface area contributed by atoms with Gasteiger partial charge in [-0.25, -0.2) is 12.7 Å². The molecule has 2 aromatic carbocycles. The second kappa shape index (κ2) is 9.29. The number of nitrogens with zero attached hydrogens (tertiary/aromatic N) is 1. The summed E-state index contributed by atoms with van der Waals surface area (Å²) in [5.74, 6) is -0.789. The number of rotatable bonds is 9. The van der Waals surface area contributed by atoms with Crippen LogP contribution in [0.3, 0.4) is 0 Å². The van der Waals surface area contributed by atoms with Crippen LogP contribution in [0.15, 0.2) is 59.5 Å². The molecule has 0 bridgehead atoms. The summed E-state index contributed by atoms with van der Waals surface area (Å²) in [4.78, 5) is 23.0. The number of hydrogen-bond donors (Lipinski definition) is 1. The molecular formula is C20H21NO6S. The highest BCUT2D eigenvalue weighted by molar-refractivity contribution is 7.89. The van der Waals surface area contributed by atoms with Gasteiger partial charge in [0.15, 0.2) is 5.78 Å². The number of ketones is 1. The van der Waals surface area contributed by atoms with Gasteiger partial charge >= 0.3 is 5.97 Å². The smallest absolute Gasteiger partial charge is 0.306 e. The third-order valence-corrected chi connectivity index (χ3v) is 5.58. The fraction of sp³-hybridized carbons (Fsp3) is 0.200. The van der Waals surface area contributed by atoms with E-state index in [4.69, 9.17) is 9.84 Å². The summed E-state index contributed by atoms with van der Waals surface area (Å²) in [6.45, 7) is 0.0502. The number of sulfonamides is 1. The van der Waals surface area contributed by atoms with Crippen LogP contribution in [0.1, 0.15) is 22.3 Å². The topological polar surface area (TPSA) is 101 Å². The molecule has 2 aromatic rings. The van der Waals surface area contributed by atoms with E-state index in [9.17, 15) is 18.0 Å². The first kappa shape index (κ1) is 21.3. The van der Waals surface area contributed by atoms with E-state index in [1.807, 2.05) is 0 Å². The number of carboxylic acids is 1. The molecular weight excluding hydrogens is 382 g/mol. The van der Waals surface area contributed by atoms with Gasteiger partial charge in [0.05, 0.1) is 17.9 Å². The van der Waals surface area contributed by atoms with Crippen LogP contribution in [0.25, 0.3) is 6.08 Å². The van der Waals surface area contributed by atoms with E-state index in [2.05, 4.69) is 0 Å². The fourth-order valence-electron chi connectivity index (χ4n) is 2.25. The molecule has 0 amide bonds. The summed E-state index contributed by atoms with van der Waals surface area (Å²) in [6, 6.07) is 12.7. The van der Waals surface area contributed by atoms with Gasteiger partial charge in [-0.15, -0.1) is 0 Å². The molecule has 0 saturated carbocycles. The number of benzene rings is 2. The Morgan fingerprint density at radius 1 is 1.11 bits per heavy atom. The average Bonchev–Trinajstić information content (AvgIpc) is 2.66. The predicted octanol–water partition coefficient (Wildman–Crippen LogP) is 2.69. The van der Waals surface area contributed by atoms with Gasteiger partial charge in [-0.2, -0.15) is 0 Å². The Labute approximate surface area is 163 Å². The first-order valence-electron chi connectivity index (χ1n) is 8.40. The lowest BCUT2D eigenvalue weighted by Crippen LogP contribution is -2.22. The van der Waals surface area contributed by atoms with Crippen molar-refractivity contribution in [2.75, 3.05) is 20.7 Å². The molecule has 0 aliphatic carbocycles. The molecule has 0 spiro atoms. The summed E-state index contributed by atoms with van der Waals surface area (Å²) in [5.41, 5.74) is 0.950. The minimum absolute atomic E-state index is 0.0468. The molecule has 0 unspecified atom stereocenters. The van der Waals surface area contributed by atoms with Gasteiger partial charge in [0.25, 0.3) is 0 Å². The van der Waals surface area contributed by atoms with E-state index in [-0.39, 0.29) is 29.3 Å². The number of allylic oxidation sites excluding steroid dienone is 1. The van der Waals surface area contributed by atoms with E-state index >= 15 is 0 Å². The molecule has 0 saturated heterocycles. The summed E-state index contributed by atoms with van der Waals surface area (Å²) in [5, 5.41) is 8.63. The Kier molecular flexibility index (Phi) is 7.08. The van der Waals surface area contributed by atoms with Gasteiger partial charge in [-0.1, -0.05) is 30.3 Å². The Hall–Kier alpha value is -2.97. The molecule has 0 fully saturated rings. The molecule has 148 valence electrons. The number of carbonyl (C=O) groups is 2. The lowest BCUT2D eigenvalue weighted by Gasteiger charge is -2.11. The normalized spacial score (nSPS) is 11.7. The highest BCUT2D eigenvalue weighted by Gasteiger charge is 2.18. The van der Waals surface area contributed by atoms with Crippen molar-refractivity contribution >= 4 is 27.9 Å². The number of carboxylic acid groups (broad SMARTS) is 1. The Morgan fingerprint density at radius 3 is 2.50 bits per heavy atom. The predicted molar refractivity (Wildman–Crippen MR) is 105 cm³/mol. The quantitative estimate of drug-likeness (QED) is 0.510. The van der Waals surface area contributed by atoms with Crippen molar-refractivity contribution in [3.63, 3.8) is 0 Å². The second-order valence-corrected chi connectivity index (χ2v) is 8.23. The molecule has 2 rings (SSSR count). The van der Waals surface area contributed by atoms with Crippen molar-refractivity contribution in [3.05, 3.63) is 65.7 Å². The van der Waals surface area contributed by atoms with Crippen molar-refractivity contribution in [1.29, 1.82) is 0 Å². The van der Waals surface area contributed by atoms with Crippen molar-refractivity contribution < 1.29 is 27.9 Å². The molecule has 0 aliphatic rings. The molecule has 0 atom stereocenters. The van der Waals surface area contributed by atoms with Crippen molar-refractivity contribution in [1.82, 2.24) is 4.31 Å². The SMILES string of the molecule is CN(C)S(=O)(=O)c1cccc(C(=O)/C=C/c2cccc(OCCC(=O)O)c2)c1. The minimum Gasteiger partial charge on any atom is -0.493 e. The van der Waals surface area contributed by atoms with Crippen LogP contribution in [-0.4, -0.2) is 50.3 Å². The third-order valence-electron chi connectivity index (χ3n) is 3.77. The molecule has 0 radical (unpaired) electrons. The lowest BCUT2D eigenvalue weighted by atomic mass is 10.1. The molecule has 0 aliphatic heterocycles. The first-order chi connectivity index (χ1) is 13.2. The largest absolute Gasteiger partial charge is 0.493 e. The van der Waals surface area contributed by atoms with Crippen LogP contribution >= 0.6 is 0 Å². The zero-order chi connectivity index (χ0) is 20.7. The third kappa shape index (κ3) is 5.77. The summed E-state index contributed by atoms with van der Waals surface area (Å²) < 4.78 is 30.8. The zero-order valence-electron chi connectivity index (χ0n) is 15.5. The lowest BCUT2D eigenvalue weighted by molar-refractivity contribution is -0.137. The van der Waals surface area contributed by atoms with Gasteiger partial charge in [-0.05, 0) is 35.9 Å². The molecule has 0 aromatic heterocycles. The minimum atomic E-state index is -3.62. The van der Waals surface area contributed by atoms with Crippen LogP contribution < -0.4 is 4.74 Å². The van der Waals surface area contributed by atoms with Crippen LogP contribution in [0.5, 0.6) is 5.75 Å². The monoisotopic (exact) mass is 403 g/mol. The molecule has 7 nitrogen and oxygen atoms in total. The highest BCUT2D eigenvalue weighted by atomic mass is 32.2. The highest BCUT2D eigenvalue weighted by Crippen LogP contribution is 2.17. The number of hydrogen-bond acceptors (Lipinski definition) is 5. The van der Waals surface area contributed by atoms with E-state index in [0.29, 0.717) is 11.3 Å². The first-order valence-corrected chi connectivity index (χ1v) is 9.84. The van der Waals surface area contributed by atoms with E-state index in [1.165, 1.54) is 38.4 Å². The van der Waals surface area contributed by atoms with Crippen molar-refractivity contribution in [2.24, 2.45) is 0 Å². The van der Waals surface area contributed by atoms with Crippen LogP contribution in [0.4, 0.5) is 0 Å². The van der Waals surface area contributed by atoms with Gasteiger partial charge in [0.1, 0.15) is 5.75 Å². The Balaban J connectivity index is 2.13. The Bertz CT molecular complexity index is 995. The summed E-state index contributed by atoms with van der Waals surface area (Å²) in [7, 11) is -0.770. The summed E-state index contributed by atoms with van der Waals surface area (Å²) >= 11 is 0. The van der Waals surface area contributed by atoms with Crippen molar-refractivity contribution in [3.8, 4) is 5.75 Å². The molecule has 28 heavy (non-hydrogen) atoms. The van der Waals surface area contributed by atoms with Crippen LogP contribution in [0.2, 0.25) is 0 Å². The summed E-state index contributed by atoms with van der Waals surface area (Å²) in [6.07, 6.45) is 2.82. The standard InChI is InChI=1S/C20H21NO6S/c1-21(2)28(25,26)18-8-4-6-16(14-18)19(22)10-9-15-5-3-7-17(13-15)27-12-11-20(23)24/h3-10,13-14H,11-12H2,1-2H3,(H,23,24)/b10-9+. The van der Waals surface area contributed by atoms with Gasteiger partial charge in [0, 0.05) is 19.7 Å². The zero-order valence-corrected chi connectivity index (χ0v) is 16.3. The van der Waals surface area contributed by atoms with E-state index < -0.39 is 16.0 Å². The molecule has 0 heterocycles.